The maximum absolute atomic E-state index is 5.73. The number of hydrogen-bond acceptors (Lipinski definition) is 3. The zero-order chi connectivity index (χ0) is 12.7. The van der Waals surface area contributed by atoms with Gasteiger partial charge < -0.3 is 5.73 Å². The Hall–Kier alpha value is -2.14. The molecule has 3 aromatic rings. The van der Waals surface area contributed by atoms with Crippen LogP contribution in [0, 0.1) is 13.8 Å². The van der Waals surface area contributed by atoms with Crippen LogP contribution in [0.15, 0.2) is 24.3 Å². The lowest BCUT2D eigenvalue weighted by Crippen LogP contribution is -2.03. The summed E-state index contributed by atoms with van der Waals surface area (Å²) in [5.41, 5.74) is 9.89. The van der Waals surface area contributed by atoms with Crippen LogP contribution in [0.3, 0.4) is 0 Å². The van der Waals surface area contributed by atoms with Crippen molar-refractivity contribution in [1.82, 2.24) is 19.6 Å². The topological polar surface area (TPSA) is 72.0 Å². The molecule has 0 saturated heterocycles. The van der Waals surface area contributed by atoms with Crippen LogP contribution in [0.25, 0.3) is 17.2 Å². The van der Waals surface area contributed by atoms with Gasteiger partial charge in [-0.1, -0.05) is 24.3 Å². The van der Waals surface area contributed by atoms with Crippen molar-refractivity contribution in [3.8, 4) is 11.4 Å². The smallest absolute Gasteiger partial charge is 0.251 e. The van der Waals surface area contributed by atoms with E-state index in [-0.39, 0.29) is 0 Å². The fourth-order valence-corrected chi connectivity index (χ4v) is 2.17. The number of rotatable bonds is 2. The number of fused-ring (bicyclic) bond motifs is 1. The minimum atomic E-state index is 0.447. The minimum Gasteiger partial charge on any atom is -0.325 e. The molecule has 3 N–H and O–H groups in total. The van der Waals surface area contributed by atoms with Crippen molar-refractivity contribution >= 4 is 5.78 Å². The lowest BCUT2D eigenvalue weighted by Gasteiger charge is -2.01. The number of benzene rings is 1. The van der Waals surface area contributed by atoms with Gasteiger partial charge >= 0.3 is 0 Å². The minimum absolute atomic E-state index is 0.447. The van der Waals surface area contributed by atoms with Crippen molar-refractivity contribution in [2.75, 3.05) is 0 Å². The van der Waals surface area contributed by atoms with E-state index < -0.39 is 0 Å². The van der Waals surface area contributed by atoms with E-state index in [0.29, 0.717) is 12.3 Å². The van der Waals surface area contributed by atoms with Gasteiger partial charge in [-0.2, -0.15) is 4.98 Å². The molecule has 0 bridgehead atoms. The number of aromatic amines is 1. The monoisotopic (exact) mass is 241 g/mol. The average Bonchev–Trinajstić information content (AvgIpc) is 2.86. The molecule has 0 aliphatic carbocycles. The average molecular weight is 241 g/mol. The van der Waals surface area contributed by atoms with Gasteiger partial charge in [0.15, 0.2) is 5.82 Å². The number of imidazole rings is 1. The molecule has 0 unspecified atom stereocenters. The Balaban J connectivity index is 2.20. The summed E-state index contributed by atoms with van der Waals surface area (Å²) < 4.78 is 1.86. The van der Waals surface area contributed by atoms with Crippen molar-refractivity contribution in [1.29, 1.82) is 0 Å². The highest BCUT2D eigenvalue weighted by Crippen LogP contribution is 2.21. The standard InChI is InChI=1S/C13H15N5/c1-8-5-3-4-6-10(8)12-16-13-15-9(2)11(7-14)18(13)17-12/h3-6H,7,14H2,1-2H3,(H,15,16,17). The summed E-state index contributed by atoms with van der Waals surface area (Å²) in [6.07, 6.45) is 0. The van der Waals surface area contributed by atoms with Crippen molar-refractivity contribution in [3.63, 3.8) is 0 Å². The summed E-state index contributed by atoms with van der Waals surface area (Å²) in [4.78, 5) is 8.91. The molecule has 0 radical (unpaired) electrons. The van der Waals surface area contributed by atoms with Crippen molar-refractivity contribution in [2.45, 2.75) is 20.4 Å². The summed E-state index contributed by atoms with van der Waals surface area (Å²) in [6.45, 7) is 4.45. The van der Waals surface area contributed by atoms with Gasteiger partial charge in [0, 0.05) is 12.1 Å². The summed E-state index contributed by atoms with van der Waals surface area (Å²) in [6, 6.07) is 8.13. The van der Waals surface area contributed by atoms with E-state index in [4.69, 9.17) is 5.73 Å². The highest BCUT2D eigenvalue weighted by atomic mass is 15.3. The molecule has 18 heavy (non-hydrogen) atoms. The Morgan fingerprint density at radius 1 is 1.22 bits per heavy atom. The molecule has 2 heterocycles. The first-order valence-corrected chi connectivity index (χ1v) is 5.90. The summed E-state index contributed by atoms with van der Waals surface area (Å²) >= 11 is 0. The van der Waals surface area contributed by atoms with Crippen LogP contribution < -0.4 is 5.73 Å². The van der Waals surface area contributed by atoms with Gasteiger partial charge in [-0.15, -0.1) is 0 Å². The predicted octanol–water partition coefficient (Wildman–Crippen LogP) is 1.80. The third-order valence-corrected chi connectivity index (χ3v) is 3.18. The van der Waals surface area contributed by atoms with Crippen molar-refractivity contribution in [2.24, 2.45) is 5.73 Å². The van der Waals surface area contributed by atoms with E-state index in [1.807, 2.05) is 29.6 Å². The van der Waals surface area contributed by atoms with Gasteiger partial charge in [0.1, 0.15) is 0 Å². The molecule has 0 aliphatic rings. The maximum atomic E-state index is 5.73. The third kappa shape index (κ3) is 1.52. The molecule has 92 valence electrons. The number of aryl methyl sites for hydroxylation is 2. The molecule has 3 rings (SSSR count). The predicted molar refractivity (Wildman–Crippen MR) is 70.1 cm³/mol. The van der Waals surface area contributed by atoms with Gasteiger partial charge in [-0.05, 0) is 19.4 Å². The quantitative estimate of drug-likeness (QED) is 0.718. The number of hydrogen-bond donors (Lipinski definition) is 2. The first kappa shape index (κ1) is 11.0. The number of nitrogens with zero attached hydrogens (tertiary/aromatic N) is 3. The van der Waals surface area contributed by atoms with E-state index in [1.54, 1.807) is 0 Å². The Morgan fingerprint density at radius 3 is 2.72 bits per heavy atom. The molecule has 0 atom stereocenters. The van der Waals surface area contributed by atoms with Crippen LogP contribution in [-0.4, -0.2) is 19.6 Å². The number of nitrogens with one attached hydrogen (secondary N) is 1. The van der Waals surface area contributed by atoms with E-state index >= 15 is 0 Å². The molecule has 0 saturated carbocycles. The summed E-state index contributed by atoms with van der Waals surface area (Å²) in [5.74, 6) is 1.50. The van der Waals surface area contributed by atoms with Crippen LogP contribution in [0.1, 0.15) is 17.0 Å². The van der Waals surface area contributed by atoms with Crippen molar-refractivity contribution < 1.29 is 0 Å². The van der Waals surface area contributed by atoms with Crippen LogP contribution in [0.2, 0.25) is 0 Å². The fourth-order valence-electron chi connectivity index (χ4n) is 2.17. The second-order valence-electron chi connectivity index (χ2n) is 4.37. The van der Waals surface area contributed by atoms with Gasteiger partial charge in [0.25, 0.3) is 5.78 Å². The Labute approximate surface area is 105 Å². The van der Waals surface area contributed by atoms with Crippen LogP contribution in [-0.2, 0) is 6.54 Å². The normalized spacial score (nSPS) is 11.3. The first-order valence-electron chi connectivity index (χ1n) is 5.90. The maximum Gasteiger partial charge on any atom is 0.251 e. The third-order valence-electron chi connectivity index (χ3n) is 3.18. The Bertz CT molecular complexity index is 707. The molecule has 2 aromatic heterocycles. The van der Waals surface area contributed by atoms with E-state index in [2.05, 4.69) is 28.1 Å². The van der Waals surface area contributed by atoms with Crippen LogP contribution in [0.4, 0.5) is 0 Å². The van der Waals surface area contributed by atoms with Crippen LogP contribution in [0.5, 0.6) is 0 Å². The summed E-state index contributed by atoms with van der Waals surface area (Å²) in [7, 11) is 0. The van der Waals surface area contributed by atoms with Gasteiger partial charge in [0.2, 0.25) is 0 Å². The second kappa shape index (κ2) is 3.96. The largest absolute Gasteiger partial charge is 0.325 e. The van der Waals surface area contributed by atoms with E-state index in [9.17, 15) is 0 Å². The second-order valence-corrected chi connectivity index (χ2v) is 4.37. The van der Waals surface area contributed by atoms with E-state index in [1.165, 1.54) is 5.56 Å². The lowest BCUT2D eigenvalue weighted by atomic mass is 10.1. The Kier molecular flexibility index (Phi) is 2.41. The zero-order valence-corrected chi connectivity index (χ0v) is 10.4. The lowest BCUT2D eigenvalue weighted by molar-refractivity contribution is 0.859. The SMILES string of the molecule is Cc1ccccc1-c1nc2nc(C)c(CN)n2[nH]1. The van der Waals surface area contributed by atoms with Gasteiger partial charge in [0.05, 0.1) is 11.4 Å². The molecular weight excluding hydrogens is 226 g/mol. The molecule has 1 aromatic carbocycles. The number of nitrogens with two attached hydrogens (primary N) is 1. The first-order chi connectivity index (χ1) is 8.70. The molecule has 0 spiro atoms. The fraction of sp³-hybridized carbons (Fsp3) is 0.231. The number of aromatic nitrogens is 4. The highest BCUT2D eigenvalue weighted by molar-refractivity contribution is 5.61. The molecule has 0 amide bonds. The molecule has 0 aliphatic heterocycles. The van der Waals surface area contributed by atoms with Crippen LogP contribution >= 0.6 is 0 Å². The zero-order valence-electron chi connectivity index (χ0n) is 10.4. The molecular formula is C13H15N5. The number of H-pyrrole nitrogens is 1. The van der Waals surface area contributed by atoms with Crippen molar-refractivity contribution in [3.05, 3.63) is 41.2 Å². The van der Waals surface area contributed by atoms with E-state index in [0.717, 1.165) is 22.8 Å². The summed E-state index contributed by atoms with van der Waals surface area (Å²) in [5, 5.41) is 3.26. The Morgan fingerprint density at radius 2 is 2.00 bits per heavy atom. The highest BCUT2D eigenvalue weighted by Gasteiger charge is 2.13. The van der Waals surface area contributed by atoms with Gasteiger partial charge in [-0.25, -0.2) is 9.50 Å². The molecule has 5 nitrogen and oxygen atoms in total. The molecule has 0 fully saturated rings. The molecule has 5 heteroatoms. The van der Waals surface area contributed by atoms with Gasteiger partial charge in [-0.3, -0.25) is 5.10 Å².